The van der Waals surface area contributed by atoms with Crippen LogP contribution < -0.4 is 0 Å². The molecule has 1 N–H and O–H groups in total. The van der Waals surface area contributed by atoms with Crippen LogP contribution in [0.2, 0.25) is 0 Å². The lowest BCUT2D eigenvalue weighted by Crippen LogP contribution is -2.36. The van der Waals surface area contributed by atoms with Crippen LogP contribution in [0.1, 0.15) is 29.0 Å². The molecule has 2 atom stereocenters. The van der Waals surface area contributed by atoms with Crippen molar-refractivity contribution in [2.75, 3.05) is 0 Å². The Balaban J connectivity index is 2.12. The maximum Gasteiger partial charge on any atom is 0.115 e. The molecule has 1 aliphatic rings. The molecule has 0 fully saturated rings. The summed E-state index contributed by atoms with van der Waals surface area (Å²) < 4.78 is 0. The fraction of sp³-hybridized carbons (Fsp3) is 0.235. The molecule has 3 rings (SSSR count). The first-order valence-electron chi connectivity index (χ1n) is 6.60. The van der Waals surface area contributed by atoms with Gasteiger partial charge in [-0.05, 0) is 35.6 Å². The fourth-order valence-electron chi connectivity index (χ4n) is 3.09. The molecule has 96 valence electrons. The van der Waals surface area contributed by atoms with Crippen molar-refractivity contribution in [2.45, 2.75) is 24.4 Å². The van der Waals surface area contributed by atoms with Gasteiger partial charge >= 0.3 is 0 Å². The molecule has 0 unspecified atom stereocenters. The number of hydrogen-bond donors (Lipinski definition) is 1. The number of aromatic nitrogens is 1. The van der Waals surface area contributed by atoms with E-state index >= 15 is 0 Å². The van der Waals surface area contributed by atoms with E-state index in [9.17, 15) is 5.11 Å². The maximum absolute atomic E-state index is 11.1. The molecular weight excluding hydrogens is 234 g/mol. The fourth-order valence-corrected chi connectivity index (χ4v) is 3.09. The van der Waals surface area contributed by atoms with Gasteiger partial charge in [0.25, 0.3) is 0 Å². The SMILES string of the molecule is C=C[C@@]1(O)c2ccccc2CC[C@H]1c1cccnc1. The quantitative estimate of drug-likeness (QED) is 0.831. The third-order valence-corrected chi connectivity index (χ3v) is 4.08. The molecule has 0 spiro atoms. The molecule has 0 amide bonds. The minimum atomic E-state index is -1.00. The molecule has 1 aromatic carbocycles. The van der Waals surface area contributed by atoms with Gasteiger partial charge in [0.2, 0.25) is 0 Å². The number of rotatable bonds is 2. The third kappa shape index (κ3) is 1.89. The van der Waals surface area contributed by atoms with Gasteiger partial charge in [0.15, 0.2) is 0 Å². The summed E-state index contributed by atoms with van der Waals surface area (Å²) in [4.78, 5) is 4.17. The summed E-state index contributed by atoms with van der Waals surface area (Å²) in [5, 5.41) is 11.1. The van der Waals surface area contributed by atoms with Gasteiger partial charge in [0.05, 0.1) is 0 Å². The van der Waals surface area contributed by atoms with E-state index in [4.69, 9.17) is 0 Å². The minimum absolute atomic E-state index is 0.0219. The van der Waals surface area contributed by atoms with E-state index < -0.39 is 5.60 Å². The van der Waals surface area contributed by atoms with Crippen LogP contribution >= 0.6 is 0 Å². The van der Waals surface area contributed by atoms with Crippen LogP contribution in [-0.2, 0) is 12.0 Å². The van der Waals surface area contributed by atoms with E-state index in [0.29, 0.717) is 0 Å². The van der Waals surface area contributed by atoms with Gasteiger partial charge in [0, 0.05) is 18.3 Å². The number of aliphatic hydroxyl groups is 1. The number of hydrogen-bond acceptors (Lipinski definition) is 2. The molecule has 19 heavy (non-hydrogen) atoms. The first-order valence-corrected chi connectivity index (χ1v) is 6.60. The zero-order chi connectivity index (χ0) is 13.3. The Labute approximate surface area is 113 Å². The minimum Gasteiger partial charge on any atom is -0.380 e. The first-order chi connectivity index (χ1) is 9.25. The van der Waals surface area contributed by atoms with Crippen molar-refractivity contribution in [2.24, 2.45) is 0 Å². The summed E-state index contributed by atoms with van der Waals surface area (Å²) in [6.07, 6.45) is 7.15. The lowest BCUT2D eigenvalue weighted by molar-refractivity contribution is 0.0467. The van der Waals surface area contributed by atoms with Gasteiger partial charge in [-0.2, -0.15) is 0 Å². The number of benzene rings is 1. The monoisotopic (exact) mass is 251 g/mol. The Hall–Kier alpha value is -1.93. The van der Waals surface area contributed by atoms with Crippen molar-refractivity contribution in [1.82, 2.24) is 4.98 Å². The van der Waals surface area contributed by atoms with Crippen LogP contribution in [0, 0.1) is 0 Å². The second kappa shape index (κ2) is 4.63. The molecule has 1 heterocycles. The van der Waals surface area contributed by atoms with Crippen LogP contribution in [0.25, 0.3) is 0 Å². The van der Waals surface area contributed by atoms with Gasteiger partial charge < -0.3 is 5.11 Å². The van der Waals surface area contributed by atoms with Gasteiger partial charge in [0.1, 0.15) is 5.60 Å². The molecule has 0 bridgehead atoms. The molecule has 1 aromatic heterocycles. The molecule has 2 heteroatoms. The first kappa shape index (κ1) is 12.1. The molecular formula is C17H17NO. The second-order valence-corrected chi connectivity index (χ2v) is 5.06. The highest BCUT2D eigenvalue weighted by Crippen LogP contribution is 2.45. The van der Waals surface area contributed by atoms with Crippen molar-refractivity contribution in [1.29, 1.82) is 0 Å². The van der Waals surface area contributed by atoms with Crippen molar-refractivity contribution in [3.63, 3.8) is 0 Å². The van der Waals surface area contributed by atoms with Crippen molar-refractivity contribution in [3.8, 4) is 0 Å². The Kier molecular flexibility index (Phi) is 2.96. The smallest absolute Gasteiger partial charge is 0.115 e. The molecule has 2 aromatic rings. The Morgan fingerprint density at radius 2 is 2.11 bits per heavy atom. The molecule has 0 saturated carbocycles. The summed E-state index contributed by atoms with van der Waals surface area (Å²) in [6.45, 7) is 3.86. The predicted octanol–water partition coefficient (Wildman–Crippen LogP) is 3.19. The van der Waals surface area contributed by atoms with E-state index in [-0.39, 0.29) is 5.92 Å². The van der Waals surface area contributed by atoms with E-state index in [2.05, 4.69) is 17.6 Å². The Morgan fingerprint density at radius 3 is 2.84 bits per heavy atom. The van der Waals surface area contributed by atoms with E-state index in [1.807, 2.05) is 36.5 Å². The van der Waals surface area contributed by atoms with Gasteiger partial charge in [-0.25, -0.2) is 0 Å². The molecule has 0 radical (unpaired) electrons. The zero-order valence-electron chi connectivity index (χ0n) is 10.8. The molecule has 2 nitrogen and oxygen atoms in total. The number of pyridine rings is 1. The van der Waals surface area contributed by atoms with Crippen LogP contribution in [0.5, 0.6) is 0 Å². The maximum atomic E-state index is 11.1. The average molecular weight is 251 g/mol. The highest BCUT2D eigenvalue weighted by molar-refractivity contribution is 5.42. The number of aryl methyl sites for hydroxylation is 1. The number of nitrogens with zero attached hydrogens (tertiary/aromatic N) is 1. The van der Waals surface area contributed by atoms with Gasteiger partial charge in [-0.1, -0.05) is 43.0 Å². The Morgan fingerprint density at radius 1 is 1.26 bits per heavy atom. The largest absolute Gasteiger partial charge is 0.380 e. The van der Waals surface area contributed by atoms with Gasteiger partial charge in [-0.3, -0.25) is 4.98 Å². The average Bonchev–Trinajstić information content (AvgIpc) is 2.49. The summed E-state index contributed by atoms with van der Waals surface area (Å²) in [5.41, 5.74) is 2.26. The van der Waals surface area contributed by atoms with Crippen LogP contribution in [0.15, 0.2) is 61.4 Å². The van der Waals surface area contributed by atoms with E-state index in [0.717, 1.165) is 24.0 Å². The standard InChI is InChI=1S/C17H17NO/c1-2-17(19)15-8-4-3-6-13(15)9-10-16(17)14-7-5-11-18-12-14/h2-8,11-12,16,19H,1,9-10H2/t16-,17+/m0/s1. The normalized spacial score (nSPS) is 25.6. The Bertz CT molecular complexity index is 593. The molecule has 0 saturated heterocycles. The predicted molar refractivity (Wildman–Crippen MR) is 75.8 cm³/mol. The second-order valence-electron chi connectivity index (χ2n) is 5.06. The van der Waals surface area contributed by atoms with Crippen molar-refractivity contribution >= 4 is 0 Å². The summed E-state index contributed by atoms with van der Waals surface area (Å²) >= 11 is 0. The molecule has 1 aliphatic carbocycles. The lowest BCUT2D eigenvalue weighted by Gasteiger charge is -2.39. The van der Waals surface area contributed by atoms with Crippen molar-refractivity contribution < 1.29 is 5.11 Å². The van der Waals surface area contributed by atoms with E-state index in [1.165, 1.54) is 5.56 Å². The van der Waals surface area contributed by atoms with Crippen LogP contribution in [0.3, 0.4) is 0 Å². The third-order valence-electron chi connectivity index (χ3n) is 4.08. The van der Waals surface area contributed by atoms with Gasteiger partial charge in [-0.15, -0.1) is 0 Å². The summed E-state index contributed by atoms with van der Waals surface area (Å²) in [5.74, 6) is 0.0219. The topological polar surface area (TPSA) is 33.1 Å². The zero-order valence-corrected chi connectivity index (χ0v) is 10.8. The highest BCUT2D eigenvalue weighted by atomic mass is 16.3. The summed E-state index contributed by atoms with van der Waals surface area (Å²) in [6, 6.07) is 12.0. The van der Waals surface area contributed by atoms with Crippen LogP contribution in [-0.4, -0.2) is 10.1 Å². The summed E-state index contributed by atoms with van der Waals surface area (Å²) in [7, 11) is 0. The number of fused-ring (bicyclic) bond motifs is 1. The lowest BCUT2D eigenvalue weighted by atomic mass is 9.69. The van der Waals surface area contributed by atoms with E-state index in [1.54, 1.807) is 12.3 Å². The highest BCUT2D eigenvalue weighted by Gasteiger charge is 2.40. The van der Waals surface area contributed by atoms with Crippen LogP contribution in [0.4, 0.5) is 0 Å². The molecule has 0 aliphatic heterocycles. The van der Waals surface area contributed by atoms with Crippen molar-refractivity contribution in [3.05, 3.63) is 78.1 Å².